The van der Waals surface area contributed by atoms with E-state index < -0.39 is 0 Å². The topological polar surface area (TPSA) is 20.3 Å². The van der Waals surface area contributed by atoms with E-state index in [0.29, 0.717) is 24.3 Å². The van der Waals surface area contributed by atoms with Crippen molar-refractivity contribution < 1.29 is 9.18 Å². The molecule has 2 unspecified atom stereocenters. The van der Waals surface area contributed by atoms with Crippen LogP contribution in [0.25, 0.3) is 0 Å². The van der Waals surface area contributed by atoms with Crippen molar-refractivity contribution in [3.8, 4) is 0 Å². The Hall–Kier alpha value is -0.900. The number of piperidine rings is 2. The van der Waals surface area contributed by atoms with Crippen LogP contribution in [0.4, 0.5) is 10.1 Å². The number of rotatable bonds is 1. The van der Waals surface area contributed by atoms with Gasteiger partial charge in [0.2, 0.25) is 0 Å². The quantitative estimate of drug-likeness (QED) is 0.788. The summed E-state index contributed by atoms with van der Waals surface area (Å²) in [5.41, 5.74) is 0.639. The molecule has 1 aromatic rings. The van der Waals surface area contributed by atoms with Gasteiger partial charge in [-0.05, 0) is 47.3 Å². The first-order chi connectivity index (χ1) is 8.66. The molecular formula is C14H15BrFNO. The fraction of sp³-hybridized carbons (Fsp3) is 0.500. The molecule has 0 spiro atoms. The van der Waals surface area contributed by atoms with Crippen LogP contribution in [0.5, 0.6) is 0 Å². The number of hydrogen-bond donors (Lipinski definition) is 0. The number of benzene rings is 1. The highest BCUT2D eigenvalue weighted by Gasteiger charge is 2.39. The van der Waals surface area contributed by atoms with E-state index in [2.05, 4.69) is 20.8 Å². The van der Waals surface area contributed by atoms with Crippen molar-refractivity contribution in [1.82, 2.24) is 0 Å². The minimum atomic E-state index is -0.198. The molecule has 3 rings (SSSR count). The van der Waals surface area contributed by atoms with Gasteiger partial charge in [-0.1, -0.05) is 6.07 Å². The van der Waals surface area contributed by atoms with Crippen LogP contribution < -0.4 is 4.90 Å². The summed E-state index contributed by atoms with van der Waals surface area (Å²) in [5.74, 6) is 0.129. The van der Waals surface area contributed by atoms with E-state index in [1.165, 1.54) is 6.07 Å². The molecule has 2 aliphatic heterocycles. The van der Waals surface area contributed by atoms with E-state index in [9.17, 15) is 9.18 Å². The van der Waals surface area contributed by atoms with Gasteiger partial charge >= 0.3 is 0 Å². The molecule has 96 valence electrons. The van der Waals surface area contributed by atoms with Crippen LogP contribution in [0.2, 0.25) is 0 Å². The van der Waals surface area contributed by atoms with Gasteiger partial charge in [-0.2, -0.15) is 0 Å². The zero-order valence-electron chi connectivity index (χ0n) is 10.0. The summed E-state index contributed by atoms with van der Waals surface area (Å²) in [7, 11) is 0. The van der Waals surface area contributed by atoms with Crippen molar-refractivity contribution in [2.45, 2.75) is 44.2 Å². The average molecular weight is 312 g/mol. The summed E-state index contributed by atoms with van der Waals surface area (Å²) in [4.78, 5) is 13.8. The van der Waals surface area contributed by atoms with E-state index in [4.69, 9.17) is 0 Å². The minimum Gasteiger partial charge on any atom is -0.361 e. The van der Waals surface area contributed by atoms with Crippen molar-refractivity contribution in [2.75, 3.05) is 4.90 Å². The smallest absolute Gasteiger partial charge is 0.147 e. The number of halogens is 2. The molecule has 0 radical (unpaired) electrons. The lowest BCUT2D eigenvalue weighted by atomic mass is 9.83. The number of fused-ring (bicyclic) bond motifs is 2. The van der Waals surface area contributed by atoms with Gasteiger partial charge in [-0.25, -0.2) is 4.39 Å². The fourth-order valence-electron chi connectivity index (χ4n) is 3.28. The van der Waals surface area contributed by atoms with E-state index in [1.807, 2.05) is 6.07 Å². The van der Waals surface area contributed by atoms with Crippen LogP contribution >= 0.6 is 15.9 Å². The highest BCUT2D eigenvalue weighted by Crippen LogP contribution is 2.40. The maximum atomic E-state index is 14.1. The molecule has 0 saturated carbocycles. The lowest BCUT2D eigenvalue weighted by Gasteiger charge is -2.47. The maximum Gasteiger partial charge on any atom is 0.147 e. The SMILES string of the molecule is O=C1CC2CCCC(C1)N2c1c(F)cccc1Br. The standard InChI is InChI=1S/C14H15BrFNO/c15-12-5-2-6-13(16)14(12)17-9-3-1-4-10(17)8-11(18)7-9/h2,5-6,9-10H,1,3-4,7-8H2. The Morgan fingerprint density at radius 2 is 1.89 bits per heavy atom. The van der Waals surface area contributed by atoms with E-state index >= 15 is 0 Å². The third-order valence-corrected chi connectivity index (χ3v) is 4.62. The van der Waals surface area contributed by atoms with Crippen LogP contribution in [0.1, 0.15) is 32.1 Å². The number of nitrogens with zero attached hydrogens (tertiary/aromatic N) is 1. The van der Waals surface area contributed by atoms with Gasteiger partial charge < -0.3 is 4.90 Å². The zero-order valence-corrected chi connectivity index (χ0v) is 11.6. The summed E-state index contributed by atoms with van der Waals surface area (Å²) in [6.07, 6.45) is 4.26. The summed E-state index contributed by atoms with van der Waals surface area (Å²) in [6, 6.07) is 5.42. The molecule has 2 heterocycles. The molecule has 2 nitrogen and oxygen atoms in total. The number of para-hydroxylation sites is 1. The monoisotopic (exact) mass is 311 g/mol. The molecule has 2 fully saturated rings. The number of Topliss-reactive ketones (excluding diaryl/α,β-unsaturated/α-hetero) is 1. The van der Waals surface area contributed by atoms with Gasteiger partial charge in [0.25, 0.3) is 0 Å². The third-order valence-electron chi connectivity index (χ3n) is 3.98. The predicted octanol–water partition coefficient (Wildman–Crippen LogP) is 3.68. The summed E-state index contributed by atoms with van der Waals surface area (Å²) >= 11 is 3.44. The van der Waals surface area contributed by atoms with Crippen LogP contribution in [0.15, 0.2) is 22.7 Å². The fourth-order valence-corrected chi connectivity index (χ4v) is 3.82. The predicted molar refractivity (Wildman–Crippen MR) is 72.2 cm³/mol. The highest BCUT2D eigenvalue weighted by molar-refractivity contribution is 9.10. The van der Waals surface area contributed by atoms with Crippen molar-refractivity contribution in [3.05, 3.63) is 28.5 Å². The summed E-state index contributed by atoms with van der Waals surface area (Å²) in [6.45, 7) is 0. The zero-order chi connectivity index (χ0) is 12.7. The van der Waals surface area contributed by atoms with Gasteiger partial charge in [0.05, 0.1) is 5.69 Å². The third kappa shape index (κ3) is 1.96. The van der Waals surface area contributed by atoms with Gasteiger partial charge in [-0.3, -0.25) is 4.79 Å². The Bertz CT molecular complexity index is 454. The van der Waals surface area contributed by atoms with E-state index in [1.54, 1.807) is 6.07 Å². The first kappa shape index (κ1) is 12.2. The molecule has 4 heteroatoms. The van der Waals surface area contributed by atoms with E-state index in [-0.39, 0.29) is 17.9 Å². The number of anilines is 1. The number of carbonyl (C=O) groups is 1. The van der Waals surface area contributed by atoms with Crippen LogP contribution in [-0.2, 0) is 4.79 Å². The highest BCUT2D eigenvalue weighted by atomic mass is 79.9. The van der Waals surface area contributed by atoms with Gasteiger partial charge in [-0.15, -0.1) is 0 Å². The van der Waals surface area contributed by atoms with Gasteiger partial charge in [0.15, 0.2) is 0 Å². The molecule has 2 aliphatic rings. The largest absolute Gasteiger partial charge is 0.361 e. The van der Waals surface area contributed by atoms with E-state index in [0.717, 1.165) is 23.7 Å². The van der Waals surface area contributed by atoms with Gasteiger partial charge in [0, 0.05) is 29.4 Å². The van der Waals surface area contributed by atoms with Crippen molar-refractivity contribution >= 4 is 27.4 Å². The lowest BCUT2D eigenvalue weighted by Crippen LogP contribution is -2.53. The molecule has 2 atom stereocenters. The second-order valence-corrected chi connectivity index (χ2v) is 6.02. The Balaban J connectivity index is 2.03. The maximum absolute atomic E-state index is 14.1. The Morgan fingerprint density at radius 3 is 2.50 bits per heavy atom. The molecular weight excluding hydrogens is 297 g/mol. The number of ketones is 1. The van der Waals surface area contributed by atoms with Gasteiger partial charge in [0.1, 0.15) is 11.6 Å². The molecule has 1 aromatic carbocycles. The number of carbonyl (C=O) groups excluding carboxylic acids is 1. The second-order valence-electron chi connectivity index (χ2n) is 5.16. The minimum absolute atomic E-state index is 0.179. The van der Waals surface area contributed by atoms with Crippen LogP contribution in [0.3, 0.4) is 0 Å². The molecule has 18 heavy (non-hydrogen) atoms. The molecule has 0 amide bonds. The normalized spacial score (nSPS) is 27.4. The molecule has 0 N–H and O–H groups in total. The second kappa shape index (κ2) is 4.65. The Kier molecular flexibility index (Phi) is 3.14. The average Bonchev–Trinajstić information content (AvgIpc) is 2.29. The molecule has 0 aliphatic carbocycles. The lowest BCUT2D eigenvalue weighted by molar-refractivity contribution is -0.121. The molecule has 0 aromatic heterocycles. The number of hydrogen-bond acceptors (Lipinski definition) is 2. The van der Waals surface area contributed by atoms with Crippen molar-refractivity contribution in [2.24, 2.45) is 0 Å². The summed E-state index contributed by atoms with van der Waals surface area (Å²) in [5, 5.41) is 0. The van der Waals surface area contributed by atoms with Crippen LogP contribution in [-0.4, -0.2) is 17.9 Å². The Morgan fingerprint density at radius 1 is 1.22 bits per heavy atom. The van der Waals surface area contributed by atoms with Crippen molar-refractivity contribution in [1.29, 1.82) is 0 Å². The Labute approximate surface area is 114 Å². The molecule has 2 saturated heterocycles. The summed E-state index contributed by atoms with van der Waals surface area (Å²) < 4.78 is 14.9. The van der Waals surface area contributed by atoms with Crippen molar-refractivity contribution in [3.63, 3.8) is 0 Å². The molecule has 2 bridgehead atoms. The first-order valence-electron chi connectivity index (χ1n) is 6.41. The van der Waals surface area contributed by atoms with Crippen LogP contribution in [0, 0.1) is 5.82 Å². The first-order valence-corrected chi connectivity index (χ1v) is 7.20.